The molecule has 0 saturated heterocycles. The normalized spacial score (nSPS) is 14.0. The molecule has 0 unspecified atom stereocenters. The minimum atomic E-state index is -0.163. The molecule has 3 heterocycles. The lowest BCUT2D eigenvalue weighted by Gasteiger charge is -2.20. The highest BCUT2D eigenvalue weighted by atomic mass is 79.9. The average molecular weight is 444 g/mol. The van der Waals surface area contributed by atoms with Crippen LogP contribution in [0.4, 0.5) is 5.69 Å². The van der Waals surface area contributed by atoms with E-state index in [0.29, 0.717) is 41.9 Å². The average Bonchev–Trinajstić information content (AvgIpc) is 3.13. The van der Waals surface area contributed by atoms with Crippen molar-refractivity contribution in [3.63, 3.8) is 0 Å². The first-order valence-electron chi connectivity index (χ1n) is 8.44. The molecule has 5 rings (SSSR count). The first-order valence-corrected chi connectivity index (χ1v) is 10.1. The second kappa shape index (κ2) is 6.58. The molecule has 0 aliphatic carbocycles. The van der Waals surface area contributed by atoms with Crippen molar-refractivity contribution >= 4 is 38.9 Å². The zero-order valence-electron chi connectivity index (χ0n) is 14.1. The van der Waals surface area contributed by atoms with Gasteiger partial charge in [-0.3, -0.25) is 4.79 Å². The molecule has 0 bridgehead atoms. The summed E-state index contributed by atoms with van der Waals surface area (Å²) >= 11 is 4.96. The smallest absolute Gasteiger partial charge is 0.265 e. The number of carbonyl (C=O) groups is 1. The van der Waals surface area contributed by atoms with Gasteiger partial charge in [-0.1, -0.05) is 12.1 Å². The molecule has 0 spiro atoms. The fraction of sp³-hybridized carbons (Fsp3) is 0.150. The monoisotopic (exact) mass is 443 g/mol. The van der Waals surface area contributed by atoms with Crippen molar-refractivity contribution in [1.82, 2.24) is 0 Å². The van der Waals surface area contributed by atoms with Gasteiger partial charge in [-0.15, -0.1) is 11.3 Å². The topological polar surface area (TPSA) is 56.8 Å². The van der Waals surface area contributed by atoms with Gasteiger partial charge in [0.1, 0.15) is 25.6 Å². The van der Waals surface area contributed by atoms with Gasteiger partial charge >= 0.3 is 0 Å². The standard InChI is InChI=1S/C20H14BrNO4S/c21-13-8-16-17(25-6-5-24-16)9-14(13)22-20(23)18-7-11-10-26-15-4-2-1-3-12(15)19(11)27-18/h1-4,7-9H,5-6,10H2,(H,22,23). The fourth-order valence-corrected chi connectivity index (χ4v) is 4.67. The van der Waals surface area contributed by atoms with Gasteiger partial charge in [-0.05, 0) is 34.1 Å². The number of ether oxygens (including phenoxy) is 3. The molecule has 7 heteroatoms. The Morgan fingerprint density at radius 3 is 2.63 bits per heavy atom. The Hall–Kier alpha value is -2.51. The van der Waals surface area contributed by atoms with Crippen molar-refractivity contribution in [2.75, 3.05) is 18.5 Å². The Kier molecular flexibility index (Phi) is 4.06. The molecule has 2 aliphatic heterocycles. The predicted octanol–water partition coefficient (Wildman–Crippen LogP) is 5.09. The van der Waals surface area contributed by atoms with Gasteiger partial charge in [0.2, 0.25) is 0 Å². The third-order valence-electron chi connectivity index (χ3n) is 4.43. The number of para-hydroxylation sites is 1. The van der Waals surface area contributed by atoms with Gasteiger partial charge in [-0.2, -0.15) is 0 Å². The molecule has 0 saturated carbocycles. The van der Waals surface area contributed by atoms with Gasteiger partial charge in [0, 0.05) is 32.6 Å². The maximum Gasteiger partial charge on any atom is 0.265 e. The molecule has 2 aromatic carbocycles. The van der Waals surface area contributed by atoms with Crippen molar-refractivity contribution in [3.05, 3.63) is 57.4 Å². The Labute approximate surface area is 168 Å². The summed E-state index contributed by atoms with van der Waals surface area (Å²) in [6, 6.07) is 13.4. The lowest BCUT2D eigenvalue weighted by molar-refractivity contribution is 0.103. The highest BCUT2D eigenvalue weighted by Gasteiger charge is 2.23. The lowest BCUT2D eigenvalue weighted by Crippen LogP contribution is -2.16. The first kappa shape index (κ1) is 16.6. The predicted molar refractivity (Wildman–Crippen MR) is 107 cm³/mol. The minimum Gasteiger partial charge on any atom is -0.488 e. The molecule has 27 heavy (non-hydrogen) atoms. The highest BCUT2D eigenvalue weighted by Crippen LogP contribution is 2.43. The summed E-state index contributed by atoms with van der Waals surface area (Å²) in [5.41, 5.74) is 2.71. The van der Waals surface area contributed by atoms with Gasteiger partial charge in [0.15, 0.2) is 11.5 Å². The number of benzene rings is 2. The van der Waals surface area contributed by atoms with Crippen LogP contribution in [-0.4, -0.2) is 19.1 Å². The van der Waals surface area contributed by atoms with E-state index < -0.39 is 0 Å². The SMILES string of the molecule is O=C(Nc1cc2c(cc1Br)OCCO2)c1cc2c(s1)-c1ccccc1OC2. The molecule has 0 atom stereocenters. The van der Waals surface area contributed by atoms with Crippen LogP contribution in [0.5, 0.6) is 17.2 Å². The molecule has 1 N–H and O–H groups in total. The number of anilines is 1. The van der Waals surface area contributed by atoms with E-state index in [1.54, 1.807) is 6.07 Å². The summed E-state index contributed by atoms with van der Waals surface area (Å²) in [6.07, 6.45) is 0. The summed E-state index contributed by atoms with van der Waals surface area (Å²) in [7, 11) is 0. The van der Waals surface area contributed by atoms with Crippen LogP contribution in [0.3, 0.4) is 0 Å². The molecule has 1 amide bonds. The van der Waals surface area contributed by atoms with E-state index >= 15 is 0 Å². The van der Waals surface area contributed by atoms with Gasteiger partial charge in [-0.25, -0.2) is 0 Å². The Bertz CT molecular complexity index is 1060. The number of carbonyl (C=O) groups excluding carboxylic acids is 1. The van der Waals surface area contributed by atoms with E-state index in [1.165, 1.54) is 11.3 Å². The number of thiophene rings is 1. The summed E-state index contributed by atoms with van der Waals surface area (Å²) in [6.45, 7) is 1.50. The van der Waals surface area contributed by atoms with Crippen LogP contribution >= 0.6 is 27.3 Å². The van der Waals surface area contributed by atoms with Crippen LogP contribution in [0.2, 0.25) is 0 Å². The van der Waals surface area contributed by atoms with Crippen LogP contribution in [0.1, 0.15) is 15.2 Å². The molecule has 3 aromatic rings. The number of hydrogen-bond acceptors (Lipinski definition) is 5. The van der Waals surface area contributed by atoms with E-state index in [9.17, 15) is 4.79 Å². The van der Waals surface area contributed by atoms with Crippen molar-refractivity contribution < 1.29 is 19.0 Å². The van der Waals surface area contributed by atoms with E-state index in [1.807, 2.05) is 36.4 Å². The lowest BCUT2D eigenvalue weighted by atomic mass is 10.1. The number of rotatable bonds is 2. The van der Waals surface area contributed by atoms with Crippen molar-refractivity contribution in [1.29, 1.82) is 0 Å². The van der Waals surface area contributed by atoms with Crippen molar-refractivity contribution in [2.45, 2.75) is 6.61 Å². The molecular weight excluding hydrogens is 430 g/mol. The zero-order chi connectivity index (χ0) is 18.4. The Morgan fingerprint density at radius 2 is 1.78 bits per heavy atom. The van der Waals surface area contributed by atoms with Gasteiger partial charge in [0.25, 0.3) is 5.91 Å². The summed E-state index contributed by atoms with van der Waals surface area (Å²) in [4.78, 5) is 14.6. The van der Waals surface area contributed by atoms with Gasteiger partial charge < -0.3 is 19.5 Å². The fourth-order valence-electron chi connectivity index (χ4n) is 3.16. The minimum absolute atomic E-state index is 0.163. The Balaban J connectivity index is 1.44. The van der Waals surface area contributed by atoms with E-state index in [4.69, 9.17) is 14.2 Å². The van der Waals surface area contributed by atoms with Gasteiger partial charge in [0.05, 0.1) is 10.6 Å². The van der Waals surface area contributed by atoms with E-state index in [2.05, 4.69) is 21.2 Å². The second-order valence-electron chi connectivity index (χ2n) is 6.18. The van der Waals surface area contributed by atoms with Crippen LogP contribution in [0.25, 0.3) is 10.4 Å². The highest BCUT2D eigenvalue weighted by molar-refractivity contribution is 9.10. The summed E-state index contributed by atoms with van der Waals surface area (Å²) < 4.78 is 17.7. The second-order valence-corrected chi connectivity index (χ2v) is 8.09. The van der Waals surface area contributed by atoms with E-state index in [0.717, 1.165) is 26.2 Å². The number of nitrogens with one attached hydrogen (secondary N) is 1. The van der Waals surface area contributed by atoms with Crippen LogP contribution in [-0.2, 0) is 6.61 Å². The van der Waals surface area contributed by atoms with Crippen molar-refractivity contribution in [3.8, 4) is 27.7 Å². The number of halogens is 1. The van der Waals surface area contributed by atoms with Crippen molar-refractivity contribution in [2.24, 2.45) is 0 Å². The molecular formula is C20H14BrNO4S. The maximum absolute atomic E-state index is 12.8. The Morgan fingerprint density at radius 1 is 1.00 bits per heavy atom. The molecule has 136 valence electrons. The number of hydrogen-bond donors (Lipinski definition) is 1. The number of amides is 1. The maximum atomic E-state index is 12.8. The van der Waals surface area contributed by atoms with Crippen LogP contribution in [0, 0.1) is 0 Å². The number of fused-ring (bicyclic) bond motifs is 4. The third-order valence-corrected chi connectivity index (χ3v) is 6.29. The van der Waals surface area contributed by atoms with Crippen LogP contribution in [0.15, 0.2) is 46.9 Å². The molecule has 1 aromatic heterocycles. The molecule has 0 radical (unpaired) electrons. The third kappa shape index (κ3) is 2.96. The quantitative estimate of drug-likeness (QED) is 0.598. The molecule has 2 aliphatic rings. The zero-order valence-corrected chi connectivity index (χ0v) is 16.5. The molecule has 0 fully saturated rings. The summed E-state index contributed by atoms with van der Waals surface area (Å²) in [5.74, 6) is 2.00. The first-order chi connectivity index (χ1) is 13.2. The molecule has 5 nitrogen and oxygen atoms in total. The van der Waals surface area contributed by atoms with Crippen LogP contribution < -0.4 is 19.5 Å². The largest absolute Gasteiger partial charge is 0.488 e. The summed E-state index contributed by atoms with van der Waals surface area (Å²) in [5, 5.41) is 2.96. The van der Waals surface area contributed by atoms with E-state index in [-0.39, 0.29) is 5.91 Å².